The molecule has 0 spiro atoms. The van der Waals surface area contributed by atoms with E-state index in [1.807, 2.05) is 125 Å². The Morgan fingerprint density at radius 1 is 0.385 bits per heavy atom. The number of hydrogen-bond donors (Lipinski definition) is 1. The third-order valence-electron chi connectivity index (χ3n) is 0. The Labute approximate surface area is 272 Å². The number of rotatable bonds is 0. The second kappa shape index (κ2) is 1090. The summed E-state index contributed by atoms with van der Waals surface area (Å²) in [7, 11) is 0. The molecule has 0 amide bonds. The first kappa shape index (κ1) is 196. The topological polar surface area (TPSA) is 37.3 Å². The molecule has 1 N–H and O–H groups in total. The van der Waals surface area contributed by atoms with E-state index in [1.54, 1.807) is 13.8 Å². The Bertz CT molecular complexity index is 69.2. The van der Waals surface area contributed by atoms with Crippen LogP contribution in [0.3, 0.4) is 0 Å². The standard InChI is InChI=1S/C4H10.C3H8O.C2H4O.9C2H6.6CH4.4B/c1-4(2)3;1-3(2)4;1-2-3;9*1-2;;;;;;;;;;/h4H,1-3H3;3-4H,1-2H3;2H,1H3;9*1-2H3;6*1H4;;;;. The summed E-state index contributed by atoms with van der Waals surface area (Å²) in [6.45, 7) is 47.4. The predicted molar refractivity (Wildman–Crippen MR) is 215 cm³/mol. The Morgan fingerprint density at radius 2 is 0.385 bits per heavy atom. The minimum absolute atomic E-state index is 0. The van der Waals surface area contributed by atoms with E-state index >= 15 is 0 Å². The number of aliphatic hydroxyl groups is 1. The van der Waals surface area contributed by atoms with Crippen LogP contribution in [-0.4, -0.2) is 51.1 Å². The first-order valence-corrected chi connectivity index (χ1v) is 13.0. The van der Waals surface area contributed by atoms with Crippen LogP contribution in [-0.2, 0) is 4.79 Å². The van der Waals surface area contributed by atoms with Gasteiger partial charge in [-0.05, 0) is 26.7 Å². The smallest absolute Gasteiger partial charge is 0.116 e. The normalized spacial score (nSPS) is 3.56. The SMILES string of the molecule is C.C.C.C.C.C.CC.CC.CC.CC.CC.CC.CC.CC.CC.CC(C)C.CC(C)O.CC=O.[B].[B].[B].[B]. The molecule has 0 aliphatic carbocycles. The van der Waals surface area contributed by atoms with Crippen molar-refractivity contribution in [2.45, 2.75) is 217 Å². The summed E-state index contributed by atoms with van der Waals surface area (Å²) >= 11 is 0. The van der Waals surface area contributed by atoms with Gasteiger partial charge in [-0.2, -0.15) is 0 Å². The Hall–Kier alpha value is -0.110. The molecule has 0 aliphatic heterocycles. The van der Waals surface area contributed by atoms with Crippen molar-refractivity contribution in [3.05, 3.63) is 0 Å². The predicted octanol–water partition coefficient (Wildman–Crippen LogP) is 13.8. The molecule has 0 rings (SSSR count). The van der Waals surface area contributed by atoms with Crippen LogP contribution in [0.15, 0.2) is 0 Å². The summed E-state index contributed by atoms with van der Waals surface area (Å²) in [4.78, 5) is 8.81. The van der Waals surface area contributed by atoms with Gasteiger partial charge in [0.15, 0.2) is 0 Å². The lowest BCUT2D eigenvalue weighted by Crippen LogP contribution is -1.85. The van der Waals surface area contributed by atoms with E-state index in [2.05, 4.69) is 20.8 Å². The van der Waals surface area contributed by atoms with Gasteiger partial charge in [-0.3, -0.25) is 0 Å². The molecule has 256 valence electrons. The van der Waals surface area contributed by atoms with Gasteiger partial charge in [-0.1, -0.05) is 190 Å². The zero-order valence-corrected chi connectivity index (χ0v) is 28.9. The average Bonchev–Trinajstić information content (AvgIpc) is 2.80. The summed E-state index contributed by atoms with van der Waals surface area (Å²) < 4.78 is 0. The van der Waals surface area contributed by atoms with Gasteiger partial charge in [0.2, 0.25) is 0 Å². The van der Waals surface area contributed by atoms with Crippen LogP contribution < -0.4 is 0 Å². The Morgan fingerprint density at radius 3 is 0.385 bits per heavy atom. The summed E-state index contributed by atoms with van der Waals surface area (Å²) in [6.07, 6.45) is 0.583. The van der Waals surface area contributed by atoms with Gasteiger partial charge in [0.1, 0.15) is 6.29 Å². The molecule has 0 saturated heterocycles. The number of aldehydes is 1. The molecule has 0 bridgehead atoms. The van der Waals surface area contributed by atoms with Crippen molar-refractivity contribution in [1.82, 2.24) is 0 Å². The highest BCUT2D eigenvalue weighted by atomic mass is 16.3. The van der Waals surface area contributed by atoms with Gasteiger partial charge in [0, 0.05) is 39.8 Å². The van der Waals surface area contributed by atoms with Gasteiger partial charge in [-0.25, -0.2) is 0 Å². The fraction of sp³-hybridized carbons (Fsp3) is 0.970. The fourth-order valence-electron chi connectivity index (χ4n) is 0. The van der Waals surface area contributed by atoms with Gasteiger partial charge in [-0.15, -0.1) is 0 Å². The van der Waals surface area contributed by atoms with Crippen LogP contribution >= 0.6 is 0 Å². The molecule has 12 radical (unpaired) electrons. The fourth-order valence-corrected chi connectivity index (χ4v) is 0. The zero-order valence-electron chi connectivity index (χ0n) is 28.9. The number of carbonyl (C=O) groups is 1. The van der Waals surface area contributed by atoms with Crippen LogP contribution in [0.1, 0.15) is 211 Å². The van der Waals surface area contributed by atoms with Gasteiger partial charge >= 0.3 is 0 Å². The second-order valence-electron chi connectivity index (χ2n) is 3.06. The minimum atomic E-state index is -0.167. The van der Waals surface area contributed by atoms with Crippen molar-refractivity contribution in [2.24, 2.45) is 5.92 Å². The van der Waals surface area contributed by atoms with Crippen LogP contribution in [0.2, 0.25) is 0 Å². The average molecular weight is 572 g/mol. The molecule has 0 aromatic rings. The summed E-state index contributed by atoms with van der Waals surface area (Å²) in [5, 5.41) is 8.06. The maximum Gasteiger partial charge on any atom is 0.116 e. The molecule has 0 unspecified atom stereocenters. The quantitative estimate of drug-likeness (QED) is 0.232. The maximum absolute atomic E-state index is 8.81. The van der Waals surface area contributed by atoms with Crippen molar-refractivity contribution in [3.8, 4) is 0 Å². The third kappa shape index (κ3) is 4010000. The molecule has 0 atom stereocenters. The lowest BCUT2D eigenvalue weighted by atomic mass is 10.3. The van der Waals surface area contributed by atoms with Crippen molar-refractivity contribution >= 4 is 39.9 Å². The highest BCUT2D eigenvalue weighted by Crippen LogP contribution is 1.81. The highest BCUT2D eigenvalue weighted by Gasteiger charge is 1.69. The van der Waals surface area contributed by atoms with Gasteiger partial charge < -0.3 is 9.90 Å². The van der Waals surface area contributed by atoms with E-state index in [4.69, 9.17) is 9.90 Å². The summed E-state index contributed by atoms with van der Waals surface area (Å²) in [6, 6.07) is 0. The minimum Gasteiger partial charge on any atom is -0.394 e. The zero-order chi connectivity index (χ0) is 27.9. The molecule has 39 heavy (non-hydrogen) atoms. The Balaban J connectivity index is -0.00000000400. The van der Waals surface area contributed by atoms with Crippen molar-refractivity contribution in [2.75, 3.05) is 0 Å². The first-order valence-electron chi connectivity index (χ1n) is 13.0. The van der Waals surface area contributed by atoms with Crippen molar-refractivity contribution < 1.29 is 9.90 Å². The monoisotopic (exact) mass is 573 g/mol. The Kier molecular flexibility index (Phi) is 5450. The maximum atomic E-state index is 8.81. The van der Waals surface area contributed by atoms with Gasteiger partial charge in [0.05, 0.1) is 0 Å². The van der Waals surface area contributed by atoms with E-state index in [9.17, 15) is 0 Å². The lowest BCUT2D eigenvalue weighted by molar-refractivity contribution is -0.106. The van der Waals surface area contributed by atoms with E-state index in [0.29, 0.717) is 0 Å². The summed E-state index contributed by atoms with van der Waals surface area (Å²) in [5.41, 5.74) is 0. The number of aliphatic hydroxyl groups excluding tert-OH is 1. The molecule has 0 aromatic heterocycles. The van der Waals surface area contributed by atoms with Crippen molar-refractivity contribution in [1.29, 1.82) is 0 Å². The molecule has 2 nitrogen and oxygen atoms in total. The highest BCUT2D eigenvalue weighted by molar-refractivity contribution is 5.76. The molecule has 0 heterocycles. The summed E-state index contributed by atoms with van der Waals surface area (Å²) in [5.74, 6) is 0.833. The van der Waals surface area contributed by atoms with Crippen LogP contribution in [0.5, 0.6) is 0 Å². The second-order valence-corrected chi connectivity index (χ2v) is 3.06. The van der Waals surface area contributed by atoms with Crippen LogP contribution in [0, 0.1) is 5.92 Å². The van der Waals surface area contributed by atoms with E-state index in [0.717, 1.165) is 12.2 Å². The third-order valence-corrected chi connectivity index (χ3v) is 0. The van der Waals surface area contributed by atoms with E-state index < -0.39 is 0 Å². The molecular weight excluding hydrogens is 472 g/mol. The molecule has 0 fully saturated rings. The largest absolute Gasteiger partial charge is 0.394 e. The number of carbonyl (C=O) groups excluding carboxylic acids is 1. The van der Waals surface area contributed by atoms with Crippen LogP contribution in [0.4, 0.5) is 0 Å². The molecular formula is C33H100B4O2. The first-order chi connectivity index (χ1) is 13.9. The molecule has 0 aromatic carbocycles. The molecule has 6 heteroatoms. The number of hydrogen-bond acceptors (Lipinski definition) is 2. The van der Waals surface area contributed by atoms with E-state index in [-0.39, 0.29) is 84.3 Å². The molecule has 0 aliphatic rings. The van der Waals surface area contributed by atoms with Gasteiger partial charge in [0.25, 0.3) is 0 Å². The van der Waals surface area contributed by atoms with Crippen molar-refractivity contribution in [3.63, 3.8) is 0 Å². The lowest BCUT2D eigenvalue weighted by Gasteiger charge is -1.80. The van der Waals surface area contributed by atoms with E-state index in [1.165, 1.54) is 6.92 Å². The molecule has 0 saturated carbocycles. The van der Waals surface area contributed by atoms with Crippen LogP contribution in [0.25, 0.3) is 0 Å².